The summed E-state index contributed by atoms with van der Waals surface area (Å²) in [6.45, 7) is 1.64. The zero-order valence-corrected chi connectivity index (χ0v) is 18.2. The van der Waals surface area contributed by atoms with Crippen molar-refractivity contribution in [2.24, 2.45) is 5.92 Å². The van der Waals surface area contributed by atoms with E-state index in [4.69, 9.17) is 4.74 Å². The first-order chi connectivity index (χ1) is 12.5. The van der Waals surface area contributed by atoms with Gasteiger partial charge in [0.25, 0.3) is 0 Å². The van der Waals surface area contributed by atoms with E-state index in [0.717, 1.165) is 40.8 Å². The molecule has 0 aliphatic heterocycles. The Morgan fingerprint density at radius 1 is 1.22 bits per heavy atom. The van der Waals surface area contributed by atoms with Crippen molar-refractivity contribution in [1.29, 1.82) is 0 Å². The quantitative estimate of drug-likeness (QED) is 0.675. The Morgan fingerprint density at radius 2 is 1.93 bits per heavy atom. The van der Waals surface area contributed by atoms with Crippen molar-refractivity contribution in [3.05, 3.63) is 53.6 Å². The van der Waals surface area contributed by atoms with Crippen LogP contribution in [0.1, 0.15) is 43.2 Å². The molecule has 0 N–H and O–H groups in total. The number of ketones is 1. The molecular formula is C22H23NaO4. The standard InChI is InChI=1S/C22H24O4.Na/c1-14(22(24)25)19-11-6-15(12-17-4-3-5-21(17)23)13-20(19)16-7-9-18(26-2)10-8-16;/h6-11,13-14,17H,3-5,12H2,1-2H3,(H,24,25);/q;+1/p-1. The second kappa shape index (κ2) is 9.54. The first kappa shape index (κ1) is 21.7. The molecule has 0 radical (unpaired) electrons. The molecule has 2 aromatic carbocycles. The fraction of sp³-hybridized carbons (Fsp3) is 0.364. The van der Waals surface area contributed by atoms with Crippen LogP contribution in [0.15, 0.2) is 42.5 Å². The number of hydrogen-bond donors (Lipinski definition) is 0. The Morgan fingerprint density at radius 3 is 2.48 bits per heavy atom. The topological polar surface area (TPSA) is 66.4 Å². The van der Waals surface area contributed by atoms with Crippen LogP contribution in [0.3, 0.4) is 0 Å². The van der Waals surface area contributed by atoms with Crippen LogP contribution in [0.4, 0.5) is 0 Å². The molecule has 1 fully saturated rings. The van der Waals surface area contributed by atoms with Crippen LogP contribution in [-0.2, 0) is 16.0 Å². The maximum Gasteiger partial charge on any atom is 1.00 e. The van der Waals surface area contributed by atoms with Gasteiger partial charge in [-0.25, -0.2) is 0 Å². The number of Topliss-reactive ketones (excluding diaryl/α,β-unsaturated/α-hetero) is 1. The molecule has 3 rings (SSSR count). The number of benzene rings is 2. The zero-order chi connectivity index (χ0) is 18.7. The second-order valence-electron chi connectivity index (χ2n) is 6.95. The number of carbonyl (C=O) groups excluding carboxylic acids is 2. The third kappa shape index (κ3) is 5.01. The van der Waals surface area contributed by atoms with E-state index in [2.05, 4.69) is 0 Å². The van der Waals surface area contributed by atoms with Gasteiger partial charge in [-0.2, -0.15) is 0 Å². The Labute approximate surface area is 182 Å². The Hall–Kier alpha value is -1.62. The molecule has 0 amide bonds. The number of carbonyl (C=O) groups is 2. The Balaban J connectivity index is 0.00000261. The molecule has 136 valence electrons. The predicted octanol–water partition coefficient (Wildman–Crippen LogP) is 0.131. The van der Waals surface area contributed by atoms with Gasteiger partial charge in [-0.15, -0.1) is 0 Å². The third-order valence-electron chi connectivity index (χ3n) is 5.25. The average molecular weight is 374 g/mol. The van der Waals surface area contributed by atoms with E-state index in [1.54, 1.807) is 14.0 Å². The number of ether oxygens (including phenoxy) is 1. The van der Waals surface area contributed by atoms with E-state index in [1.807, 2.05) is 42.5 Å². The molecule has 1 saturated carbocycles. The number of carboxylic acids is 1. The number of hydrogen-bond acceptors (Lipinski definition) is 4. The van der Waals surface area contributed by atoms with E-state index < -0.39 is 11.9 Å². The fourth-order valence-corrected chi connectivity index (χ4v) is 3.64. The van der Waals surface area contributed by atoms with Gasteiger partial charge < -0.3 is 14.6 Å². The van der Waals surface area contributed by atoms with E-state index in [1.165, 1.54) is 0 Å². The van der Waals surface area contributed by atoms with Gasteiger partial charge in [-0.05, 0) is 53.6 Å². The van der Waals surface area contributed by atoms with Crippen molar-refractivity contribution in [1.82, 2.24) is 0 Å². The summed E-state index contributed by atoms with van der Waals surface area (Å²) in [5, 5.41) is 11.4. The number of aliphatic carboxylic acids is 1. The van der Waals surface area contributed by atoms with Crippen LogP contribution in [-0.4, -0.2) is 18.9 Å². The van der Waals surface area contributed by atoms with Crippen molar-refractivity contribution in [3.8, 4) is 16.9 Å². The number of methoxy groups -OCH3 is 1. The minimum Gasteiger partial charge on any atom is -0.550 e. The molecular weight excluding hydrogens is 351 g/mol. The summed E-state index contributed by atoms with van der Waals surface area (Å²) >= 11 is 0. The van der Waals surface area contributed by atoms with Gasteiger partial charge >= 0.3 is 29.6 Å². The molecule has 2 aromatic rings. The summed E-state index contributed by atoms with van der Waals surface area (Å²) in [6.07, 6.45) is 3.29. The van der Waals surface area contributed by atoms with E-state index in [-0.39, 0.29) is 35.5 Å². The summed E-state index contributed by atoms with van der Waals surface area (Å²) in [5.41, 5.74) is 3.57. The Bertz CT molecular complexity index is 814. The van der Waals surface area contributed by atoms with Crippen LogP contribution >= 0.6 is 0 Å². The first-order valence-electron chi connectivity index (χ1n) is 9.00. The van der Waals surface area contributed by atoms with Crippen LogP contribution in [0.2, 0.25) is 0 Å². The van der Waals surface area contributed by atoms with Gasteiger partial charge in [0.05, 0.1) is 7.11 Å². The summed E-state index contributed by atoms with van der Waals surface area (Å²) in [7, 11) is 1.61. The molecule has 2 unspecified atom stereocenters. The number of carboxylic acid groups (broad SMARTS) is 1. The molecule has 5 heteroatoms. The van der Waals surface area contributed by atoms with Crippen LogP contribution in [0, 0.1) is 5.92 Å². The first-order valence-corrected chi connectivity index (χ1v) is 9.00. The average Bonchev–Trinajstić information content (AvgIpc) is 3.05. The smallest absolute Gasteiger partial charge is 0.550 e. The van der Waals surface area contributed by atoms with Gasteiger partial charge in [0.2, 0.25) is 0 Å². The van der Waals surface area contributed by atoms with Crippen molar-refractivity contribution < 1.29 is 49.0 Å². The Kier molecular flexibility index (Phi) is 7.66. The van der Waals surface area contributed by atoms with Crippen molar-refractivity contribution in [3.63, 3.8) is 0 Å². The molecule has 0 saturated heterocycles. The molecule has 0 spiro atoms. The van der Waals surface area contributed by atoms with Gasteiger partial charge in [0.15, 0.2) is 0 Å². The summed E-state index contributed by atoms with van der Waals surface area (Å²) in [5.74, 6) is -0.644. The molecule has 4 nitrogen and oxygen atoms in total. The summed E-state index contributed by atoms with van der Waals surface area (Å²) < 4.78 is 5.20. The normalized spacial score (nSPS) is 17.3. The minimum atomic E-state index is -1.10. The monoisotopic (exact) mass is 374 g/mol. The molecule has 2 atom stereocenters. The molecule has 1 aliphatic carbocycles. The maximum atomic E-state index is 12.0. The van der Waals surface area contributed by atoms with Crippen LogP contribution < -0.4 is 39.4 Å². The molecule has 0 heterocycles. The molecule has 1 aliphatic rings. The molecule has 27 heavy (non-hydrogen) atoms. The van der Waals surface area contributed by atoms with Gasteiger partial charge in [0, 0.05) is 24.2 Å². The minimum absolute atomic E-state index is 0. The molecule has 0 aromatic heterocycles. The van der Waals surface area contributed by atoms with Crippen molar-refractivity contribution in [2.75, 3.05) is 7.11 Å². The second-order valence-corrected chi connectivity index (χ2v) is 6.95. The van der Waals surface area contributed by atoms with E-state index in [0.29, 0.717) is 18.6 Å². The van der Waals surface area contributed by atoms with E-state index in [9.17, 15) is 14.7 Å². The van der Waals surface area contributed by atoms with Crippen molar-refractivity contribution >= 4 is 11.8 Å². The summed E-state index contributed by atoms with van der Waals surface area (Å²) in [4.78, 5) is 23.4. The largest absolute Gasteiger partial charge is 1.00 e. The third-order valence-corrected chi connectivity index (χ3v) is 5.25. The predicted molar refractivity (Wildman–Crippen MR) is 97.9 cm³/mol. The fourth-order valence-electron chi connectivity index (χ4n) is 3.64. The van der Waals surface area contributed by atoms with Gasteiger partial charge in [-0.3, -0.25) is 4.79 Å². The van der Waals surface area contributed by atoms with Crippen molar-refractivity contribution in [2.45, 2.75) is 38.5 Å². The van der Waals surface area contributed by atoms with E-state index >= 15 is 0 Å². The number of rotatable bonds is 6. The zero-order valence-electron chi connectivity index (χ0n) is 16.2. The molecule has 0 bridgehead atoms. The van der Waals surface area contributed by atoms with Crippen LogP contribution in [0.25, 0.3) is 11.1 Å². The van der Waals surface area contributed by atoms with Crippen LogP contribution in [0.5, 0.6) is 5.75 Å². The van der Waals surface area contributed by atoms with Gasteiger partial charge in [0.1, 0.15) is 11.5 Å². The van der Waals surface area contributed by atoms with Gasteiger partial charge in [-0.1, -0.05) is 37.3 Å². The maximum absolute atomic E-state index is 12.0. The SMILES string of the molecule is COc1ccc(-c2cc(CC3CCCC3=O)ccc2C(C)C(=O)[O-])cc1.[Na+]. The summed E-state index contributed by atoms with van der Waals surface area (Å²) in [6, 6.07) is 13.4.